The number of carbonyl (C=O) groups excluding carboxylic acids is 1. The average molecular weight is 560 g/mol. The zero-order chi connectivity index (χ0) is 28.5. The number of rotatable bonds is 7. The number of β-amino-alcohol motifs (C(OH)–C–C–N with tert-alkyl or cyclic N) is 1. The Morgan fingerprint density at radius 1 is 0.950 bits per heavy atom. The van der Waals surface area contributed by atoms with Crippen molar-refractivity contribution in [3.63, 3.8) is 0 Å². The summed E-state index contributed by atoms with van der Waals surface area (Å²) in [5.41, 5.74) is -2.16. The van der Waals surface area contributed by atoms with E-state index in [-0.39, 0.29) is 41.9 Å². The second kappa shape index (κ2) is 11.1. The molecule has 2 aromatic carbocycles. The fraction of sp³-hybridized carbons (Fsp3) is 0.548. The maximum absolute atomic E-state index is 13.8. The van der Waals surface area contributed by atoms with Gasteiger partial charge in [-0.2, -0.15) is 13.2 Å². The summed E-state index contributed by atoms with van der Waals surface area (Å²) in [5, 5.41) is 21.1. The second-order valence-corrected chi connectivity index (χ2v) is 11.8. The molecule has 1 atom stereocenters. The number of hydrogen-bond acceptors (Lipinski definition) is 4. The van der Waals surface area contributed by atoms with Crippen molar-refractivity contribution < 1.29 is 37.7 Å². The number of benzene rings is 2. The normalized spacial score (nSPS) is 23.4. The predicted octanol–water partition coefficient (Wildman–Crippen LogP) is 6.48. The molecule has 2 N–H and O–H groups in total. The van der Waals surface area contributed by atoms with Gasteiger partial charge in [0.15, 0.2) is 0 Å². The molecule has 0 radical (unpaired) electrons. The largest absolute Gasteiger partial charge is 0.481 e. The van der Waals surface area contributed by atoms with Crippen molar-refractivity contribution in [2.75, 3.05) is 13.1 Å². The van der Waals surface area contributed by atoms with Gasteiger partial charge in [-0.3, -0.25) is 9.59 Å². The molecule has 0 bridgehead atoms. The number of likely N-dealkylation sites (tertiary alicyclic amines) is 1. The quantitative estimate of drug-likeness (QED) is 0.406. The monoisotopic (exact) mass is 559 g/mol. The lowest BCUT2D eigenvalue weighted by Gasteiger charge is -2.35. The van der Waals surface area contributed by atoms with Crippen LogP contribution in [0.4, 0.5) is 13.2 Å². The highest BCUT2D eigenvalue weighted by Crippen LogP contribution is 2.43. The van der Waals surface area contributed by atoms with Gasteiger partial charge in [0.2, 0.25) is 5.91 Å². The molecule has 5 rings (SSSR count). The SMILES string of the molecule is O=C(Cc1cc(Oc2cccc(C3(C(=O)O)CCCC3)c2)cc(C(F)(F)F)c1)N1CCC(O)(C2CCCCC2)C1. The summed E-state index contributed by atoms with van der Waals surface area (Å²) in [4.78, 5) is 26.8. The van der Waals surface area contributed by atoms with E-state index < -0.39 is 28.7 Å². The number of carboxylic acid groups (broad SMARTS) is 1. The van der Waals surface area contributed by atoms with Crippen LogP contribution in [-0.4, -0.2) is 45.7 Å². The summed E-state index contributed by atoms with van der Waals surface area (Å²) in [6, 6.07) is 9.80. The number of aliphatic hydroxyl groups is 1. The number of carbonyl (C=O) groups is 2. The Kier molecular flexibility index (Phi) is 7.88. The first-order valence-corrected chi connectivity index (χ1v) is 14.2. The van der Waals surface area contributed by atoms with Crippen molar-refractivity contribution >= 4 is 11.9 Å². The molecule has 1 amide bonds. The van der Waals surface area contributed by atoms with Gasteiger partial charge in [-0.1, -0.05) is 44.2 Å². The van der Waals surface area contributed by atoms with Crippen LogP contribution in [0, 0.1) is 5.92 Å². The highest BCUT2D eigenvalue weighted by Gasteiger charge is 2.45. The van der Waals surface area contributed by atoms with E-state index in [1.54, 1.807) is 29.2 Å². The van der Waals surface area contributed by atoms with Gasteiger partial charge in [0.1, 0.15) is 11.5 Å². The first-order chi connectivity index (χ1) is 19.0. The van der Waals surface area contributed by atoms with Crippen molar-refractivity contribution in [1.82, 2.24) is 4.90 Å². The van der Waals surface area contributed by atoms with Crippen molar-refractivity contribution in [3.05, 3.63) is 59.2 Å². The molecule has 0 aromatic heterocycles. The van der Waals surface area contributed by atoms with E-state index in [0.29, 0.717) is 31.4 Å². The Balaban J connectivity index is 1.35. The molecule has 3 aliphatic rings. The van der Waals surface area contributed by atoms with Crippen LogP contribution in [0.1, 0.15) is 80.9 Å². The fourth-order valence-corrected chi connectivity index (χ4v) is 6.87. The second-order valence-electron chi connectivity index (χ2n) is 11.8. The van der Waals surface area contributed by atoms with E-state index in [0.717, 1.165) is 57.1 Å². The van der Waals surface area contributed by atoms with Crippen LogP contribution < -0.4 is 4.74 Å². The van der Waals surface area contributed by atoms with Gasteiger partial charge in [-0.05, 0) is 79.5 Å². The van der Waals surface area contributed by atoms with E-state index in [4.69, 9.17) is 4.74 Å². The van der Waals surface area contributed by atoms with E-state index in [1.165, 1.54) is 6.07 Å². The number of halogens is 3. The number of aliphatic carboxylic acids is 1. The standard InChI is InChI=1S/C31H36F3NO5/c32-31(33,34)24-15-21(17-27(36)35-14-13-30(39,20-35)22-7-2-1-3-8-22)16-26(19-24)40-25-10-6-9-23(18-25)29(28(37)38)11-4-5-12-29/h6,9-10,15-16,18-19,22,39H,1-5,7-8,11-14,17,20H2,(H,37,38). The smallest absolute Gasteiger partial charge is 0.416 e. The lowest BCUT2D eigenvalue weighted by Crippen LogP contribution is -2.43. The Morgan fingerprint density at radius 2 is 1.68 bits per heavy atom. The maximum atomic E-state index is 13.8. The predicted molar refractivity (Wildman–Crippen MR) is 142 cm³/mol. The van der Waals surface area contributed by atoms with Crippen molar-refractivity contribution in [2.45, 2.75) is 87.8 Å². The van der Waals surface area contributed by atoms with Crippen LogP contribution >= 0.6 is 0 Å². The van der Waals surface area contributed by atoms with Gasteiger partial charge in [0.25, 0.3) is 0 Å². The molecule has 0 spiro atoms. The third kappa shape index (κ3) is 5.85. The van der Waals surface area contributed by atoms with Crippen molar-refractivity contribution in [1.29, 1.82) is 0 Å². The summed E-state index contributed by atoms with van der Waals surface area (Å²) in [6.45, 7) is 0.587. The van der Waals surface area contributed by atoms with Gasteiger partial charge in [-0.25, -0.2) is 0 Å². The van der Waals surface area contributed by atoms with Gasteiger partial charge in [-0.15, -0.1) is 0 Å². The fourth-order valence-electron chi connectivity index (χ4n) is 6.87. The molecule has 40 heavy (non-hydrogen) atoms. The first kappa shape index (κ1) is 28.5. The van der Waals surface area contributed by atoms with Gasteiger partial charge < -0.3 is 19.8 Å². The molecular weight excluding hydrogens is 523 g/mol. The molecule has 6 nitrogen and oxygen atoms in total. The molecule has 2 aromatic rings. The van der Waals surface area contributed by atoms with Crippen LogP contribution in [0.3, 0.4) is 0 Å². The summed E-state index contributed by atoms with van der Waals surface area (Å²) in [7, 11) is 0. The van der Waals surface area contributed by atoms with Crippen LogP contribution in [-0.2, 0) is 27.6 Å². The number of nitrogens with zero attached hydrogens (tertiary/aromatic N) is 1. The van der Waals surface area contributed by atoms with Crippen LogP contribution in [0.15, 0.2) is 42.5 Å². The first-order valence-electron chi connectivity index (χ1n) is 14.2. The van der Waals surface area contributed by atoms with Gasteiger partial charge in [0.05, 0.1) is 23.0 Å². The Labute approximate surface area is 232 Å². The number of ether oxygens (including phenoxy) is 1. The summed E-state index contributed by atoms with van der Waals surface area (Å²) < 4.78 is 47.2. The van der Waals surface area contributed by atoms with Gasteiger partial charge in [0, 0.05) is 13.1 Å². The summed E-state index contributed by atoms with van der Waals surface area (Å²) in [5.74, 6) is -0.944. The summed E-state index contributed by atoms with van der Waals surface area (Å²) >= 11 is 0. The van der Waals surface area contributed by atoms with E-state index in [9.17, 15) is 33.0 Å². The van der Waals surface area contributed by atoms with Gasteiger partial charge >= 0.3 is 12.1 Å². The van der Waals surface area contributed by atoms with E-state index in [1.807, 2.05) is 0 Å². The highest BCUT2D eigenvalue weighted by molar-refractivity contribution is 5.82. The van der Waals surface area contributed by atoms with Crippen LogP contribution in [0.2, 0.25) is 0 Å². The Bertz CT molecular complexity index is 1250. The lowest BCUT2D eigenvalue weighted by molar-refractivity contribution is -0.143. The van der Waals surface area contributed by atoms with Crippen LogP contribution in [0.25, 0.3) is 0 Å². The molecule has 2 aliphatic carbocycles. The van der Waals surface area contributed by atoms with E-state index in [2.05, 4.69) is 0 Å². The zero-order valence-corrected chi connectivity index (χ0v) is 22.5. The molecule has 216 valence electrons. The minimum Gasteiger partial charge on any atom is -0.481 e. The molecule has 9 heteroatoms. The molecule has 1 unspecified atom stereocenters. The van der Waals surface area contributed by atoms with Crippen molar-refractivity contribution in [2.24, 2.45) is 5.92 Å². The third-order valence-electron chi connectivity index (χ3n) is 9.13. The molecule has 3 fully saturated rings. The Hall–Kier alpha value is -3.07. The Morgan fingerprint density at radius 3 is 2.35 bits per heavy atom. The maximum Gasteiger partial charge on any atom is 0.416 e. The average Bonchev–Trinajstić information content (AvgIpc) is 3.58. The summed E-state index contributed by atoms with van der Waals surface area (Å²) in [6.07, 6.45) is 3.30. The van der Waals surface area contributed by atoms with Crippen molar-refractivity contribution in [3.8, 4) is 11.5 Å². The number of alkyl halides is 3. The third-order valence-corrected chi connectivity index (χ3v) is 9.13. The molecule has 1 saturated heterocycles. The van der Waals surface area contributed by atoms with Crippen LogP contribution in [0.5, 0.6) is 11.5 Å². The molecular formula is C31H36F3NO5. The molecule has 1 heterocycles. The number of amides is 1. The highest BCUT2D eigenvalue weighted by atomic mass is 19.4. The topological polar surface area (TPSA) is 87.1 Å². The zero-order valence-electron chi connectivity index (χ0n) is 22.5. The molecule has 1 aliphatic heterocycles. The number of carboxylic acids is 1. The van der Waals surface area contributed by atoms with E-state index >= 15 is 0 Å². The molecule has 2 saturated carbocycles. The minimum absolute atomic E-state index is 0.0781. The lowest BCUT2D eigenvalue weighted by atomic mass is 9.76. The number of hydrogen-bond donors (Lipinski definition) is 2. The minimum atomic E-state index is -4.65.